The summed E-state index contributed by atoms with van der Waals surface area (Å²) in [5, 5.41) is 20.5. The van der Waals surface area contributed by atoms with Gasteiger partial charge in [-0.1, -0.05) is 13.0 Å². The number of nitrogens with zero attached hydrogens (tertiary/aromatic N) is 4. The zero-order valence-corrected chi connectivity index (χ0v) is 22.0. The second-order valence-corrected chi connectivity index (χ2v) is 11.4. The fourth-order valence-corrected chi connectivity index (χ4v) is 5.83. The van der Waals surface area contributed by atoms with Gasteiger partial charge in [-0.3, -0.25) is 9.71 Å². The molecule has 0 saturated heterocycles. The standard InChI is InChI=1S/C29H27N5O3S/c1-3-12-38(35,36)33-22-6-8-24(19(2)13-22)29-26(16-31)25-9-7-23(14-27(25)34(29)18-20-4-5-20)37-28-17-32-11-10-21(28)15-30/h6-11,13-14,17,20,33H,3-5,12,18H2,1-2H3. The summed E-state index contributed by atoms with van der Waals surface area (Å²) in [5.41, 5.74) is 4.87. The van der Waals surface area contributed by atoms with E-state index < -0.39 is 10.0 Å². The Balaban J connectivity index is 1.61. The Kier molecular flexibility index (Phi) is 6.79. The van der Waals surface area contributed by atoms with Gasteiger partial charge in [-0.05, 0) is 68.0 Å². The Hall–Kier alpha value is -4.34. The van der Waals surface area contributed by atoms with Crippen molar-refractivity contribution >= 4 is 26.6 Å². The van der Waals surface area contributed by atoms with E-state index in [1.54, 1.807) is 24.4 Å². The fourth-order valence-electron chi connectivity index (χ4n) is 4.71. The molecule has 38 heavy (non-hydrogen) atoms. The van der Waals surface area contributed by atoms with Crippen LogP contribution in [0.1, 0.15) is 42.9 Å². The zero-order chi connectivity index (χ0) is 26.9. The van der Waals surface area contributed by atoms with Gasteiger partial charge in [-0.2, -0.15) is 10.5 Å². The fraction of sp³-hybridized carbons (Fsp3) is 0.276. The number of hydrogen-bond donors (Lipinski definition) is 1. The Morgan fingerprint density at radius 3 is 2.63 bits per heavy atom. The van der Waals surface area contributed by atoms with E-state index in [0.717, 1.165) is 47.1 Å². The summed E-state index contributed by atoms with van der Waals surface area (Å²) in [7, 11) is -3.41. The van der Waals surface area contributed by atoms with Crippen LogP contribution in [0.15, 0.2) is 54.9 Å². The van der Waals surface area contributed by atoms with Crippen LogP contribution in [0.4, 0.5) is 5.69 Å². The highest BCUT2D eigenvalue weighted by Gasteiger charge is 2.27. The van der Waals surface area contributed by atoms with Crippen molar-refractivity contribution in [1.82, 2.24) is 9.55 Å². The average molecular weight is 526 g/mol. The average Bonchev–Trinajstić information content (AvgIpc) is 3.66. The number of fused-ring (bicyclic) bond motifs is 1. The molecule has 5 rings (SSSR count). The van der Waals surface area contributed by atoms with Crippen LogP contribution < -0.4 is 9.46 Å². The molecule has 1 aliphatic rings. The molecule has 0 bridgehead atoms. The summed E-state index contributed by atoms with van der Waals surface area (Å²) in [5.74, 6) is 1.50. The maximum atomic E-state index is 12.3. The summed E-state index contributed by atoms with van der Waals surface area (Å²) < 4.78 is 35.4. The minimum absolute atomic E-state index is 0.0569. The lowest BCUT2D eigenvalue weighted by Gasteiger charge is -2.15. The molecule has 0 atom stereocenters. The number of hydrogen-bond acceptors (Lipinski definition) is 6. The minimum Gasteiger partial charge on any atom is -0.454 e. The van der Waals surface area contributed by atoms with Crippen LogP contribution in [0.2, 0.25) is 0 Å². The molecule has 1 aliphatic carbocycles. The Morgan fingerprint density at radius 2 is 1.95 bits per heavy atom. The smallest absolute Gasteiger partial charge is 0.232 e. The quantitative estimate of drug-likeness (QED) is 0.281. The van der Waals surface area contributed by atoms with E-state index in [2.05, 4.69) is 26.4 Å². The maximum Gasteiger partial charge on any atom is 0.232 e. The molecule has 2 heterocycles. The van der Waals surface area contributed by atoms with Crippen molar-refractivity contribution in [3.63, 3.8) is 0 Å². The Morgan fingerprint density at radius 1 is 1.13 bits per heavy atom. The second-order valence-electron chi connectivity index (χ2n) is 9.60. The van der Waals surface area contributed by atoms with Gasteiger partial charge < -0.3 is 9.30 Å². The Labute approximate surface area is 222 Å². The Bertz CT molecular complexity index is 1720. The van der Waals surface area contributed by atoms with Crippen LogP contribution in [-0.2, 0) is 16.6 Å². The summed E-state index contributed by atoms with van der Waals surface area (Å²) in [6, 6.07) is 17.1. The topological polar surface area (TPSA) is 121 Å². The lowest BCUT2D eigenvalue weighted by atomic mass is 10.0. The molecular formula is C29H27N5O3S. The van der Waals surface area contributed by atoms with Crippen molar-refractivity contribution in [2.75, 3.05) is 10.5 Å². The molecule has 2 aromatic carbocycles. The lowest BCUT2D eigenvalue weighted by Crippen LogP contribution is -2.16. The predicted octanol–water partition coefficient (Wildman–Crippen LogP) is 6.11. The molecule has 9 heteroatoms. The van der Waals surface area contributed by atoms with Crippen LogP contribution in [0.5, 0.6) is 11.5 Å². The van der Waals surface area contributed by atoms with Crippen LogP contribution in [0, 0.1) is 35.5 Å². The van der Waals surface area contributed by atoms with E-state index in [9.17, 15) is 18.9 Å². The van der Waals surface area contributed by atoms with Gasteiger partial charge in [0.15, 0.2) is 5.75 Å². The monoisotopic (exact) mass is 525 g/mol. The first kappa shape index (κ1) is 25.3. The normalized spacial score (nSPS) is 13.2. The highest BCUT2D eigenvalue weighted by atomic mass is 32.2. The summed E-state index contributed by atoms with van der Waals surface area (Å²) >= 11 is 0. The molecule has 2 aromatic heterocycles. The first-order valence-corrected chi connectivity index (χ1v) is 14.2. The number of sulfonamides is 1. The van der Waals surface area contributed by atoms with E-state index in [1.807, 2.05) is 38.1 Å². The third-order valence-corrected chi connectivity index (χ3v) is 8.14. The van der Waals surface area contributed by atoms with Gasteiger partial charge in [0.25, 0.3) is 0 Å². The molecule has 1 N–H and O–H groups in total. The predicted molar refractivity (Wildman–Crippen MR) is 146 cm³/mol. The van der Waals surface area contributed by atoms with Gasteiger partial charge in [0.05, 0.1) is 34.3 Å². The zero-order valence-electron chi connectivity index (χ0n) is 21.2. The lowest BCUT2D eigenvalue weighted by molar-refractivity contribution is 0.479. The molecule has 0 aliphatic heterocycles. The van der Waals surface area contributed by atoms with Gasteiger partial charge in [0.1, 0.15) is 17.9 Å². The van der Waals surface area contributed by atoms with E-state index in [4.69, 9.17) is 4.74 Å². The number of aryl methyl sites for hydroxylation is 1. The van der Waals surface area contributed by atoms with Crippen LogP contribution in [0.3, 0.4) is 0 Å². The summed E-state index contributed by atoms with van der Waals surface area (Å²) in [6.45, 7) is 4.51. The number of rotatable bonds is 9. The van der Waals surface area contributed by atoms with Crippen LogP contribution in [0.25, 0.3) is 22.2 Å². The third-order valence-electron chi connectivity index (χ3n) is 6.65. The maximum absolute atomic E-state index is 12.3. The largest absolute Gasteiger partial charge is 0.454 e. The van der Waals surface area contributed by atoms with Gasteiger partial charge in [-0.15, -0.1) is 0 Å². The molecule has 0 radical (unpaired) electrons. The molecule has 4 aromatic rings. The molecule has 0 unspecified atom stereocenters. The summed E-state index contributed by atoms with van der Waals surface area (Å²) in [6.07, 6.45) is 5.86. The molecule has 192 valence electrons. The first-order valence-electron chi connectivity index (χ1n) is 12.5. The van der Waals surface area contributed by atoms with Gasteiger partial charge in [0.2, 0.25) is 10.0 Å². The van der Waals surface area contributed by atoms with E-state index in [0.29, 0.717) is 40.7 Å². The van der Waals surface area contributed by atoms with Crippen molar-refractivity contribution in [3.05, 3.63) is 71.5 Å². The third kappa shape index (κ3) is 5.06. The van der Waals surface area contributed by atoms with Gasteiger partial charge in [0, 0.05) is 35.4 Å². The van der Waals surface area contributed by atoms with Gasteiger partial charge in [-0.25, -0.2) is 8.42 Å². The number of nitriles is 2. The number of ether oxygens (including phenoxy) is 1. The number of aromatic nitrogens is 2. The van der Waals surface area contributed by atoms with Crippen molar-refractivity contribution in [3.8, 4) is 34.9 Å². The number of anilines is 1. The first-order chi connectivity index (χ1) is 18.3. The molecule has 8 nitrogen and oxygen atoms in total. The number of nitrogens with one attached hydrogen (secondary N) is 1. The molecule has 0 amide bonds. The number of pyridine rings is 1. The number of benzene rings is 2. The molecule has 0 spiro atoms. The summed E-state index contributed by atoms with van der Waals surface area (Å²) in [4.78, 5) is 4.07. The van der Waals surface area contributed by atoms with Crippen LogP contribution >= 0.6 is 0 Å². The van der Waals surface area contributed by atoms with Crippen molar-refractivity contribution < 1.29 is 13.2 Å². The highest BCUT2D eigenvalue weighted by molar-refractivity contribution is 7.92. The second kappa shape index (κ2) is 10.2. The van der Waals surface area contributed by atoms with E-state index >= 15 is 0 Å². The molecule has 1 saturated carbocycles. The van der Waals surface area contributed by atoms with Crippen molar-refractivity contribution in [2.45, 2.75) is 39.7 Å². The van der Waals surface area contributed by atoms with Gasteiger partial charge >= 0.3 is 0 Å². The highest BCUT2D eigenvalue weighted by Crippen LogP contribution is 2.41. The minimum atomic E-state index is -3.41. The van der Waals surface area contributed by atoms with Crippen LogP contribution in [-0.4, -0.2) is 23.7 Å². The SMILES string of the molecule is CCCS(=O)(=O)Nc1ccc(-c2c(C#N)c3ccc(Oc4cnccc4C#N)cc3n2CC2CC2)c(C)c1. The van der Waals surface area contributed by atoms with Crippen molar-refractivity contribution in [1.29, 1.82) is 10.5 Å². The van der Waals surface area contributed by atoms with E-state index in [1.165, 1.54) is 6.20 Å². The molecule has 1 fully saturated rings. The van der Waals surface area contributed by atoms with Crippen molar-refractivity contribution in [2.24, 2.45) is 5.92 Å². The van der Waals surface area contributed by atoms with E-state index in [-0.39, 0.29) is 5.75 Å². The molecular weight excluding hydrogens is 498 g/mol.